The fourth-order valence-corrected chi connectivity index (χ4v) is 2.38. The number of carboxylic acid groups (broad SMARTS) is 1. The molecule has 0 amide bonds. The highest BCUT2D eigenvalue weighted by Gasteiger charge is 2.08. The Morgan fingerprint density at radius 2 is 1.86 bits per heavy atom. The average molecular weight is 444 g/mol. The van der Waals surface area contributed by atoms with Gasteiger partial charge in [-0.3, -0.25) is 9.59 Å². The number of carbonyl (C=O) groups is 2. The zero-order valence-electron chi connectivity index (χ0n) is 16.2. The first-order valence-electron chi connectivity index (χ1n) is 8.71. The summed E-state index contributed by atoms with van der Waals surface area (Å²) in [6.07, 6.45) is 1.83. The van der Waals surface area contributed by atoms with Crippen LogP contribution < -0.4 is 21.9 Å². The van der Waals surface area contributed by atoms with Crippen LogP contribution in [0.3, 0.4) is 0 Å². The molecule has 2 rings (SSSR count). The third kappa shape index (κ3) is 11.4. The van der Waals surface area contributed by atoms with Gasteiger partial charge in [0.15, 0.2) is 6.29 Å². The first-order chi connectivity index (χ1) is 13.8. The van der Waals surface area contributed by atoms with E-state index in [1.54, 1.807) is 19.2 Å². The predicted octanol–water partition coefficient (Wildman–Crippen LogP) is 3.10. The topological polar surface area (TPSA) is 142 Å². The lowest BCUT2D eigenvalue weighted by Gasteiger charge is -2.03. The van der Waals surface area contributed by atoms with Crippen LogP contribution in [-0.2, 0) is 11.3 Å². The Morgan fingerprint density at radius 1 is 1.21 bits per heavy atom. The van der Waals surface area contributed by atoms with Crippen molar-refractivity contribution in [3.8, 4) is 5.75 Å². The van der Waals surface area contributed by atoms with Crippen LogP contribution in [0.15, 0.2) is 42.5 Å². The molecule has 0 bridgehead atoms. The Bertz CT molecular complexity index is 737. The number of methoxy groups -OCH3 is 1. The minimum atomic E-state index is -0.955. The van der Waals surface area contributed by atoms with Crippen LogP contribution in [-0.4, -0.2) is 37.1 Å². The molecule has 1 atom stereocenters. The fourth-order valence-electron chi connectivity index (χ4n) is 1.93. The molecule has 0 saturated heterocycles. The maximum Gasteiger partial charge on any atom is 0.320 e. The van der Waals surface area contributed by atoms with Crippen molar-refractivity contribution < 1.29 is 19.4 Å². The van der Waals surface area contributed by atoms with Gasteiger partial charge in [0, 0.05) is 22.7 Å². The van der Waals surface area contributed by atoms with Crippen molar-refractivity contribution in [1.82, 2.24) is 0 Å². The van der Waals surface area contributed by atoms with Gasteiger partial charge in [-0.1, -0.05) is 41.4 Å². The monoisotopic (exact) mass is 443 g/mol. The zero-order chi connectivity index (χ0) is 22.2. The third-order valence-electron chi connectivity index (χ3n) is 3.54. The maximum absolute atomic E-state index is 10.2. The van der Waals surface area contributed by atoms with E-state index in [-0.39, 0.29) is 0 Å². The Hall–Kier alpha value is -2.16. The number of aldehydes is 1. The number of nitrogens with two attached hydrogens (primary N) is 3. The van der Waals surface area contributed by atoms with Crippen molar-refractivity contribution in [2.24, 2.45) is 17.2 Å². The first kappa shape index (κ1) is 26.8. The van der Waals surface area contributed by atoms with Gasteiger partial charge in [0.05, 0.1) is 12.1 Å². The predicted molar refractivity (Wildman–Crippen MR) is 117 cm³/mol. The van der Waals surface area contributed by atoms with Crippen LogP contribution in [0.1, 0.15) is 28.8 Å². The number of benzene rings is 2. The highest BCUT2D eigenvalue weighted by atomic mass is 35.5. The Labute approximate surface area is 180 Å². The molecule has 7 N–H and O–H groups in total. The van der Waals surface area contributed by atoms with E-state index in [0.29, 0.717) is 47.8 Å². The molecule has 7 nitrogen and oxygen atoms in total. The van der Waals surface area contributed by atoms with Crippen LogP contribution >= 0.6 is 23.2 Å². The van der Waals surface area contributed by atoms with Gasteiger partial charge in [0.25, 0.3) is 0 Å². The number of hydrogen-bond donors (Lipinski definition) is 4. The summed E-state index contributed by atoms with van der Waals surface area (Å²) in [4.78, 5) is 20.3. The quantitative estimate of drug-likeness (QED) is 0.481. The molecule has 0 fully saturated rings. The molecule has 0 aliphatic heterocycles. The molecule has 160 valence electrons. The van der Waals surface area contributed by atoms with Gasteiger partial charge in [-0.25, -0.2) is 0 Å². The van der Waals surface area contributed by atoms with Gasteiger partial charge in [-0.15, -0.1) is 0 Å². The molecule has 29 heavy (non-hydrogen) atoms. The summed E-state index contributed by atoms with van der Waals surface area (Å²) in [5.74, 6) is -0.0894. The number of rotatable bonds is 7. The first-order valence-corrected chi connectivity index (χ1v) is 9.46. The van der Waals surface area contributed by atoms with Gasteiger partial charge < -0.3 is 27.0 Å². The average Bonchev–Trinajstić information content (AvgIpc) is 2.72. The highest BCUT2D eigenvalue weighted by Crippen LogP contribution is 2.19. The van der Waals surface area contributed by atoms with Crippen molar-refractivity contribution in [3.05, 3.63) is 63.6 Å². The van der Waals surface area contributed by atoms with E-state index in [1.807, 2.05) is 24.3 Å². The van der Waals surface area contributed by atoms with Gasteiger partial charge in [-0.05, 0) is 43.7 Å². The summed E-state index contributed by atoms with van der Waals surface area (Å²) in [5, 5.41) is 9.17. The molecule has 0 saturated carbocycles. The Kier molecular flexibility index (Phi) is 14.6. The molecule has 0 aromatic heterocycles. The zero-order valence-corrected chi connectivity index (χ0v) is 17.7. The lowest BCUT2D eigenvalue weighted by Crippen LogP contribution is -2.30. The number of halogens is 2. The van der Waals surface area contributed by atoms with Crippen LogP contribution in [0.5, 0.6) is 5.75 Å². The van der Waals surface area contributed by atoms with Gasteiger partial charge >= 0.3 is 5.97 Å². The summed E-state index contributed by atoms with van der Waals surface area (Å²) < 4.78 is 5.06. The molecular formula is C20H27Cl2N3O4. The standard InChI is InChI=1S/C8H11NO.C7H4Cl2O.C5H12N2O2/c1-10-8-5-3-2-4-7(8)6-9;8-6-2-1-5(4-10)7(9)3-6;6-3-1-2-4(7)5(8)9/h2-5H,6,9H2,1H3;1-4H;4H,1-3,6-7H2,(H,8,9)/t;;4-/m..0/s1. The summed E-state index contributed by atoms with van der Waals surface area (Å²) in [7, 11) is 1.65. The lowest BCUT2D eigenvalue weighted by atomic mass is 10.2. The van der Waals surface area contributed by atoms with E-state index < -0.39 is 12.0 Å². The van der Waals surface area contributed by atoms with Crippen LogP contribution in [0.2, 0.25) is 10.0 Å². The van der Waals surface area contributed by atoms with E-state index in [9.17, 15) is 9.59 Å². The van der Waals surface area contributed by atoms with Gasteiger partial charge in [-0.2, -0.15) is 0 Å². The lowest BCUT2D eigenvalue weighted by molar-refractivity contribution is -0.138. The second-order valence-electron chi connectivity index (χ2n) is 5.68. The van der Waals surface area contributed by atoms with Crippen molar-refractivity contribution in [1.29, 1.82) is 0 Å². The molecule has 2 aromatic rings. The van der Waals surface area contributed by atoms with Crippen LogP contribution in [0.4, 0.5) is 0 Å². The van der Waals surface area contributed by atoms with E-state index in [4.69, 9.17) is 50.2 Å². The molecule has 0 unspecified atom stereocenters. The highest BCUT2D eigenvalue weighted by molar-refractivity contribution is 6.36. The second kappa shape index (κ2) is 15.7. The molecule has 0 radical (unpaired) electrons. The summed E-state index contributed by atoms with van der Waals surface area (Å²) >= 11 is 11.2. The number of carboxylic acids is 1. The smallest absolute Gasteiger partial charge is 0.320 e. The number of carbonyl (C=O) groups excluding carboxylic acids is 1. The fraction of sp³-hybridized carbons (Fsp3) is 0.300. The molecule has 0 aliphatic rings. The largest absolute Gasteiger partial charge is 0.496 e. The van der Waals surface area contributed by atoms with Crippen molar-refractivity contribution in [3.63, 3.8) is 0 Å². The number of hydrogen-bond acceptors (Lipinski definition) is 6. The van der Waals surface area contributed by atoms with Crippen molar-refractivity contribution in [2.75, 3.05) is 13.7 Å². The number of aliphatic carboxylic acids is 1. The van der Waals surface area contributed by atoms with Gasteiger partial charge in [0.1, 0.15) is 11.8 Å². The number of ether oxygens (including phenoxy) is 1. The second-order valence-corrected chi connectivity index (χ2v) is 6.52. The van der Waals surface area contributed by atoms with Crippen LogP contribution in [0.25, 0.3) is 0 Å². The molecule has 0 aliphatic carbocycles. The Morgan fingerprint density at radius 3 is 2.31 bits per heavy atom. The van der Waals surface area contributed by atoms with E-state index in [2.05, 4.69) is 0 Å². The number of para-hydroxylation sites is 1. The van der Waals surface area contributed by atoms with Crippen LogP contribution in [0, 0.1) is 0 Å². The van der Waals surface area contributed by atoms with E-state index in [0.717, 1.165) is 11.3 Å². The minimum absolute atomic E-state index is 0.391. The molecule has 9 heteroatoms. The normalized spacial score (nSPS) is 10.6. The minimum Gasteiger partial charge on any atom is -0.496 e. The van der Waals surface area contributed by atoms with Gasteiger partial charge in [0.2, 0.25) is 0 Å². The summed E-state index contributed by atoms with van der Waals surface area (Å²) in [5.41, 5.74) is 17.2. The molecule has 2 aromatic carbocycles. The molecule has 0 heterocycles. The van der Waals surface area contributed by atoms with Crippen molar-refractivity contribution >= 4 is 35.5 Å². The van der Waals surface area contributed by atoms with E-state index in [1.165, 1.54) is 6.07 Å². The SMILES string of the molecule is COc1ccccc1CN.NCCC[C@H](N)C(=O)O.O=Cc1ccc(Cl)cc1Cl. The molecule has 0 spiro atoms. The summed E-state index contributed by atoms with van der Waals surface area (Å²) in [6, 6.07) is 11.7. The van der Waals surface area contributed by atoms with E-state index >= 15 is 0 Å². The maximum atomic E-state index is 10.2. The molecular weight excluding hydrogens is 417 g/mol. The Balaban J connectivity index is 0.000000407. The van der Waals surface area contributed by atoms with Crippen molar-refractivity contribution in [2.45, 2.75) is 25.4 Å². The summed E-state index contributed by atoms with van der Waals surface area (Å²) in [6.45, 7) is 1.03. The third-order valence-corrected chi connectivity index (χ3v) is 4.10.